The normalized spacial score (nSPS) is 15.5. The predicted molar refractivity (Wildman–Crippen MR) is 132 cm³/mol. The van der Waals surface area contributed by atoms with Crippen LogP contribution in [0.15, 0.2) is 84.0 Å². The lowest BCUT2D eigenvalue weighted by Gasteiger charge is -2.29. The summed E-state index contributed by atoms with van der Waals surface area (Å²) in [5.74, 6) is -3.91. The summed E-state index contributed by atoms with van der Waals surface area (Å²) in [5.41, 5.74) is 4.50. The maximum absolute atomic E-state index is 12.9. The number of nitrogens with zero attached hydrogens (tertiary/aromatic N) is 2. The third kappa shape index (κ3) is 5.17. The maximum Gasteiger partial charge on any atom is 0.335 e. The lowest BCUT2D eigenvalue weighted by Crippen LogP contribution is -2.59. The second kappa shape index (κ2) is 10.4. The zero-order valence-electron chi connectivity index (χ0n) is 19.1. The van der Waals surface area contributed by atoms with Crippen molar-refractivity contribution in [2.45, 2.75) is 6.92 Å². The number of nitrogens with one attached hydrogen (secondary N) is 3. The van der Waals surface area contributed by atoms with Crippen molar-refractivity contribution in [2.75, 3.05) is 10.2 Å². The number of hydrogen-bond acceptors (Lipinski definition) is 6. The summed E-state index contributed by atoms with van der Waals surface area (Å²) in [6.07, 6.45) is 0.974. The smallest absolute Gasteiger partial charge is 0.322 e. The van der Waals surface area contributed by atoms with Crippen molar-refractivity contribution in [1.82, 2.24) is 10.7 Å². The zero-order valence-corrected chi connectivity index (χ0v) is 19.1. The van der Waals surface area contributed by atoms with Crippen molar-refractivity contribution in [2.24, 2.45) is 11.0 Å². The summed E-state index contributed by atoms with van der Waals surface area (Å²) in [6, 6.07) is 20.7. The number of hydrogen-bond donors (Lipinski definition) is 3. The average Bonchev–Trinajstić information content (AvgIpc) is 2.88. The predicted octanol–water partition coefficient (Wildman–Crippen LogP) is 2.86. The van der Waals surface area contributed by atoms with Crippen LogP contribution < -0.4 is 21.0 Å². The average molecular weight is 483 g/mol. The Hall–Kier alpha value is -5.12. The summed E-state index contributed by atoms with van der Waals surface area (Å²) in [4.78, 5) is 62.9. The first kappa shape index (κ1) is 24.0. The first-order chi connectivity index (χ1) is 17.3. The van der Waals surface area contributed by atoms with E-state index in [0.29, 0.717) is 22.5 Å². The van der Waals surface area contributed by atoms with E-state index in [9.17, 15) is 24.0 Å². The van der Waals surface area contributed by atoms with E-state index in [0.717, 1.165) is 11.1 Å². The SMILES string of the molecule is Cc1ccccc1N1C(=O)NC(=O)[C@H](/C=N\NC(=O)c2ccc(NC(=O)c3ccccc3)cc2)C1=O. The molecule has 1 atom stereocenters. The second-order valence-corrected chi connectivity index (χ2v) is 7.85. The van der Waals surface area contributed by atoms with Crippen molar-refractivity contribution in [3.05, 3.63) is 95.6 Å². The highest BCUT2D eigenvalue weighted by Gasteiger charge is 2.41. The van der Waals surface area contributed by atoms with Crippen LogP contribution >= 0.6 is 0 Å². The number of barbiturate groups is 1. The number of aryl methyl sites for hydroxylation is 1. The van der Waals surface area contributed by atoms with E-state index in [-0.39, 0.29) is 11.5 Å². The molecule has 0 saturated carbocycles. The van der Waals surface area contributed by atoms with Crippen molar-refractivity contribution in [3.8, 4) is 0 Å². The van der Waals surface area contributed by atoms with Gasteiger partial charge in [0.25, 0.3) is 17.7 Å². The van der Waals surface area contributed by atoms with Crippen LogP contribution in [0.2, 0.25) is 0 Å². The number of rotatable bonds is 6. The van der Waals surface area contributed by atoms with Gasteiger partial charge in [-0.3, -0.25) is 24.5 Å². The largest absolute Gasteiger partial charge is 0.335 e. The number of para-hydroxylation sites is 1. The Bertz CT molecular complexity index is 1370. The molecular formula is C26H21N5O5. The van der Waals surface area contributed by atoms with E-state index in [1.54, 1.807) is 67.6 Å². The molecule has 6 amide bonds. The minimum Gasteiger partial charge on any atom is -0.322 e. The molecule has 3 N–H and O–H groups in total. The van der Waals surface area contributed by atoms with Crippen molar-refractivity contribution in [3.63, 3.8) is 0 Å². The van der Waals surface area contributed by atoms with E-state index in [4.69, 9.17) is 0 Å². The third-order valence-electron chi connectivity index (χ3n) is 5.39. The number of urea groups is 1. The van der Waals surface area contributed by atoms with Gasteiger partial charge in [-0.1, -0.05) is 36.4 Å². The van der Waals surface area contributed by atoms with Crippen LogP contribution in [-0.2, 0) is 9.59 Å². The van der Waals surface area contributed by atoms with Crippen molar-refractivity contribution >= 4 is 47.2 Å². The lowest BCUT2D eigenvalue weighted by atomic mass is 10.0. The summed E-state index contributed by atoms with van der Waals surface area (Å²) >= 11 is 0. The minimum absolute atomic E-state index is 0.237. The van der Waals surface area contributed by atoms with E-state index >= 15 is 0 Å². The number of carbonyl (C=O) groups excluding carboxylic acids is 5. The summed E-state index contributed by atoms with van der Waals surface area (Å²) in [6.45, 7) is 1.73. The Morgan fingerprint density at radius 1 is 0.861 bits per heavy atom. The van der Waals surface area contributed by atoms with Gasteiger partial charge in [0.15, 0.2) is 5.92 Å². The van der Waals surface area contributed by atoms with Gasteiger partial charge < -0.3 is 5.32 Å². The van der Waals surface area contributed by atoms with Crippen LogP contribution in [0.3, 0.4) is 0 Å². The molecule has 180 valence electrons. The zero-order chi connectivity index (χ0) is 25.7. The molecule has 1 heterocycles. The van der Waals surface area contributed by atoms with Gasteiger partial charge in [-0.15, -0.1) is 0 Å². The Balaban J connectivity index is 1.39. The van der Waals surface area contributed by atoms with Crippen LogP contribution in [0, 0.1) is 12.8 Å². The molecule has 3 aromatic carbocycles. The Kier molecular flexibility index (Phi) is 6.96. The van der Waals surface area contributed by atoms with Gasteiger partial charge in [0.05, 0.1) is 5.69 Å². The van der Waals surface area contributed by atoms with Crippen LogP contribution in [0.4, 0.5) is 16.2 Å². The second-order valence-electron chi connectivity index (χ2n) is 7.85. The first-order valence-corrected chi connectivity index (χ1v) is 10.9. The first-order valence-electron chi connectivity index (χ1n) is 10.9. The number of benzene rings is 3. The van der Waals surface area contributed by atoms with Gasteiger partial charge in [-0.2, -0.15) is 5.10 Å². The Morgan fingerprint density at radius 2 is 1.50 bits per heavy atom. The fourth-order valence-electron chi connectivity index (χ4n) is 3.50. The molecule has 36 heavy (non-hydrogen) atoms. The molecule has 10 nitrogen and oxygen atoms in total. The van der Waals surface area contributed by atoms with Gasteiger partial charge >= 0.3 is 6.03 Å². The van der Waals surface area contributed by atoms with E-state index < -0.39 is 29.7 Å². The highest BCUT2D eigenvalue weighted by atomic mass is 16.2. The molecule has 10 heteroatoms. The molecule has 4 rings (SSSR count). The standard InChI is InChI=1S/C26H21N5O5/c1-16-7-5-6-10-21(16)31-25(35)20(24(34)29-26(31)36)15-27-30-23(33)18-11-13-19(14-12-18)28-22(32)17-8-3-2-4-9-17/h2-15,20H,1H3,(H,28,32)(H,30,33)(H,29,34,36)/b27-15-/t20-/m0/s1. The van der Waals surface area contributed by atoms with Crippen LogP contribution in [0.1, 0.15) is 26.3 Å². The molecule has 0 radical (unpaired) electrons. The van der Waals surface area contributed by atoms with E-state index in [2.05, 4.69) is 21.2 Å². The Labute approximate surface area is 206 Å². The monoisotopic (exact) mass is 483 g/mol. The lowest BCUT2D eigenvalue weighted by molar-refractivity contribution is -0.131. The number of anilines is 2. The van der Waals surface area contributed by atoms with Gasteiger partial charge in [-0.05, 0) is 55.0 Å². The van der Waals surface area contributed by atoms with Gasteiger partial charge in [-0.25, -0.2) is 15.1 Å². The number of carbonyl (C=O) groups is 5. The van der Waals surface area contributed by atoms with Gasteiger partial charge in [0.1, 0.15) is 0 Å². The highest BCUT2D eigenvalue weighted by molar-refractivity contribution is 6.32. The third-order valence-corrected chi connectivity index (χ3v) is 5.39. The highest BCUT2D eigenvalue weighted by Crippen LogP contribution is 2.23. The summed E-state index contributed by atoms with van der Waals surface area (Å²) in [7, 11) is 0. The van der Waals surface area contributed by atoms with Gasteiger partial charge in [0, 0.05) is 23.0 Å². The molecule has 1 fully saturated rings. The molecule has 3 aromatic rings. The van der Waals surface area contributed by atoms with Crippen LogP contribution in [0.5, 0.6) is 0 Å². The van der Waals surface area contributed by atoms with Gasteiger partial charge in [0.2, 0.25) is 5.91 Å². The maximum atomic E-state index is 12.9. The fourth-order valence-corrected chi connectivity index (χ4v) is 3.50. The van der Waals surface area contributed by atoms with E-state index in [1.807, 2.05) is 6.07 Å². The molecule has 0 spiro atoms. The molecule has 1 saturated heterocycles. The molecule has 1 aliphatic heterocycles. The number of amides is 6. The molecule has 0 unspecified atom stereocenters. The molecule has 0 bridgehead atoms. The molecule has 1 aliphatic rings. The molecule has 0 aromatic heterocycles. The molecular weight excluding hydrogens is 462 g/mol. The quantitative estimate of drug-likeness (QED) is 0.281. The number of imide groups is 2. The Morgan fingerprint density at radius 3 is 2.19 bits per heavy atom. The summed E-state index contributed by atoms with van der Waals surface area (Å²) in [5, 5.41) is 8.60. The topological polar surface area (TPSA) is 137 Å². The molecule has 0 aliphatic carbocycles. The number of hydrazone groups is 1. The van der Waals surface area contributed by atoms with Crippen LogP contribution in [-0.4, -0.2) is 35.9 Å². The van der Waals surface area contributed by atoms with E-state index in [1.165, 1.54) is 12.1 Å². The summed E-state index contributed by atoms with van der Waals surface area (Å²) < 4.78 is 0. The van der Waals surface area contributed by atoms with Crippen molar-refractivity contribution in [1.29, 1.82) is 0 Å². The fraction of sp³-hybridized carbons (Fsp3) is 0.0769. The van der Waals surface area contributed by atoms with Crippen LogP contribution in [0.25, 0.3) is 0 Å². The minimum atomic E-state index is -1.40. The van der Waals surface area contributed by atoms with Crippen molar-refractivity contribution < 1.29 is 24.0 Å².